The maximum atomic E-state index is 5.26. The van der Waals surface area contributed by atoms with Crippen LogP contribution in [0.5, 0.6) is 5.75 Å². The Hall–Kier alpha value is -1.28. The summed E-state index contributed by atoms with van der Waals surface area (Å²) in [5.74, 6) is 0.917. The van der Waals surface area contributed by atoms with Gasteiger partial charge in [0.25, 0.3) is 0 Å². The molecule has 0 aliphatic rings. The lowest BCUT2D eigenvalue weighted by molar-refractivity contribution is 0.412. The number of nitrogens with one attached hydrogen (secondary N) is 1. The zero-order valence-corrected chi connectivity index (χ0v) is 11.1. The molecule has 0 amide bonds. The van der Waals surface area contributed by atoms with E-state index in [0.29, 0.717) is 6.04 Å². The summed E-state index contributed by atoms with van der Waals surface area (Å²) in [5, 5.41) is 3.51. The fourth-order valence-corrected chi connectivity index (χ4v) is 1.88. The molecule has 2 nitrogen and oxygen atoms in total. The molecule has 1 rings (SSSR count). The van der Waals surface area contributed by atoms with Crippen molar-refractivity contribution >= 4 is 0 Å². The van der Waals surface area contributed by atoms with Gasteiger partial charge in [-0.1, -0.05) is 24.6 Å². The van der Waals surface area contributed by atoms with Crippen LogP contribution in [0.25, 0.3) is 0 Å². The van der Waals surface area contributed by atoms with Crippen molar-refractivity contribution in [2.45, 2.75) is 32.7 Å². The highest BCUT2D eigenvalue weighted by molar-refractivity contribution is 5.30. The molecule has 0 saturated heterocycles. The lowest BCUT2D eigenvalue weighted by atomic mass is 9.99. The molecule has 2 heteroatoms. The second-order valence-corrected chi connectivity index (χ2v) is 4.38. The third-order valence-electron chi connectivity index (χ3n) is 2.81. The molecular weight excluding hydrogens is 210 g/mol. The van der Waals surface area contributed by atoms with E-state index in [1.54, 1.807) is 7.11 Å². The average molecular weight is 233 g/mol. The first kappa shape index (κ1) is 13.8. The Morgan fingerprint density at radius 2 is 2.24 bits per heavy atom. The Morgan fingerprint density at radius 1 is 1.47 bits per heavy atom. The predicted molar refractivity (Wildman–Crippen MR) is 73.5 cm³/mol. The first-order valence-electron chi connectivity index (χ1n) is 6.19. The molecule has 0 radical (unpaired) electrons. The van der Waals surface area contributed by atoms with Crippen molar-refractivity contribution < 1.29 is 4.74 Å². The topological polar surface area (TPSA) is 21.3 Å². The number of allylic oxidation sites excluding steroid dienone is 1. The first-order valence-corrected chi connectivity index (χ1v) is 6.19. The minimum absolute atomic E-state index is 0.381. The maximum Gasteiger partial charge on any atom is 0.119 e. The summed E-state index contributed by atoms with van der Waals surface area (Å²) < 4.78 is 5.26. The van der Waals surface area contributed by atoms with E-state index in [-0.39, 0.29) is 0 Å². The van der Waals surface area contributed by atoms with E-state index in [1.807, 2.05) is 12.1 Å². The quantitative estimate of drug-likeness (QED) is 0.725. The van der Waals surface area contributed by atoms with Gasteiger partial charge in [-0.3, -0.25) is 0 Å². The van der Waals surface area contributed by atoms with E-state index in [1.165, 1.54) is 11.1 Å². The SMILES string of the molecule is C=C(C)CCC(NCC)c1cccc(OC)c1. The van der Waals surface area contributed by atoms with Gasteiger partial charge in [-0.2, -0.15) is 0 Å². The zero-order chi connectivity index (χ0) is 12.7. The second-order valence-electron chi connectivity index (χ2n) is 4.38. The molecule has 1 N–H and O–H groups in total. The maximum absolute atomic E-state index is 5.26. The molecule has 1 aromatic rings. The third kappa shape index (κ3) is 4.61. The highest BCUT2D eigenvalue weighted by atomic mass is 16.5. The highest BCUT2D eigenvalue weighted by Gasteiger charge is 2.10. The highest BCUT2D eigenvalue weighted by Crippen LogP contribution is 2.23. The summed E-state index contributed by atoms with van der Waals surface area (Å²) >= 11 is 0. The van der Waals surface area contributed by atoms with Crippen LogP contribution in [-0.4, -0.2) is 13.7 Å². The van der Waals surface area contributed by atoms with Gasteiger partial charge in [0.2, 0.25) is 0 Å². The fraction of sp³-hybridized carbons (Fsp3) is 0.467. The van der Waals surface area contributed by atoms with Crippen LogP contribution in [0.15, 0.2) is 36.4 Å². The lowest BCUT2D eigenvalue weighted by Gasteiger charge is -2.19. The smallest absolute Gasteiger partial charge is 0.119 e. The zero-order valence-electron chi connectivity index (χ0n) is 11.1. The van der Waals surface area contributed by atoms with Crippen molar-refractivity contribution in [3.63, 3.8) is 0 Å². The lowest BCUT2D eigenvalue weighted by Crippen LogP contribution is -2.20. The van der Waals surface area contributed by atoms with Crippen LogP contribution in [-0.2, 0) is 0 Å². The molecule has 1 unspecified atom stereocenters. The Morgan fingerprint density at radius 3 is 2.82 bits per heavy atom. The molecule has 0 aromatic heterocycles. The number of benzene rings is 1. The van der Waals surface area contributed by atoms with Crippen molar-refractivity contribution in [1.82, 2.24) is 5.32 Å². The van der Waals surface area contributed by atoms with Gasteiger partial charge >= 0.3 is 0 Å². The van der Waals surface area contributed by atoms with Gasteiger partial charge in [0.05, 0.1) is 7.11 Å². The Labute approximate surface area is 105 Å². The van der Waals surface area contributed by atoms with Crippen LogP contribution in [0.2, 0.25) is 0 Å². The molecule has 0 heterocycles. The van der Waals surface area contributed by atoms with Gasteiger partial charge in [0.1, 0.15) is 5.75 Å². The van der Waals surface area contributed by atoms with Crippen LogP contribution in [0.4, 0.5) is 0 Å². The summed E-state index contributed by atoms with van der Waals surface area (Å²) in [6.07, 6.45) is 2.13. The molecule has 1 aromatic carbocycles. The molecule has 0 aliphatic heterocycles. The van der Waals surface area contributed by atoms with E-state index in [0.717, 1.165) is 25.1 Å². The van der Waals surface area contributed by atoms with Crippen molar-refractivity contribution in [1.29, 1.82) is 0 Å². The van der Waals surface area contributed by atoms with E-state index in [4.69, 9.17) is 4.74 Å². The van der Waals surface area contributed by atoms with Gasteiger partial charge in [0.15, 0.2) is 0 Å². The molecule has 17 heavy (non-hydrogen) atoms. The normalized spacial score (nSPS) is 12.2. The van der Waals surface area contributed by atoms with E-state index in [9.17, 15) is 0 Å². The number of hydrogen-bond donors (Lipinski definition) is 1. The summed E-state index contributed by atoms with van der Waals surface area (Å²) in [6.45, 7) is 9.14. The minimum Gasteiger partial charge on any atom is -0.497 e. The van der Waals surface area contributed by atoms with E-state index >= 15 is 0 Å². The number of rotatable bonds is 7. The standard InChI is InChI=1S/C15H23NO/c1-5-16-15(10-9-12(2)3)13-7-6-8-14(11-13)17-4/h6-8,11,15-16H,2,5,9-10H2,1,3-4H3. The molecular formula is C15H23NO. The molecule has 0 saturated carbocycles. The van der Waals surface area contributed by atoms with Gasteiger partial charge in [0, 0.05) is 6.04 Å². The first-order chi connectivity index (χ1) is 8.17. The summed E-state index contributed by atoms with van der Waals surface area (Å²) in [5.41, 5.74) is 2.52. The van der Waals surface area contributed by atoms with Crippen molar-refractivity contribution in [2.75, 3.05) is 13.7 Å². The monoisotopic (exact) mass is 233 g/mol. The van der Waals surface area contributed by atoms with Gasteiger partial charge in [-0.05, 0) is 44.0 Å². The van der Waals surface area contributed by atoms with Crippen molar-refractivity contribution in [3.05, 3.63) is 42.0 Å². The predicted octanol–water partition coefficient (Wildman–Crippen LogP) is 3.70. The molecule has 0 bridgehead atoms. The van der Waals surface area contributed by atoms with E-state index in [2.05, 4.69) is 37.9 Å². The van der Waals surface area contributed by atoms with Gasteiger partial charge in [-0.15, -0.1) is 6.58 Å². The minimum atomic E-state index is 0.381. The Kier molecular flexibility index (Phi) is 5.78. The summed E-state index contributed by atoms with van der Waals surface area (Å²) in [7, 11) is 1.70. The molecule has 0 fully saturated rings. The largest absolute Gasteiger partial charge is 0.497 e. The number of ether oxygens (including phenoxy) is 1. The van der Waals surface area contributed by atoms with Gasteiger partial charge < -0.3 is 10.1 Å². The van der Waals surface area contributed by atoms with Crippen LogP contribution in [0.3, 0.4) is 0 Å². The van der Waals surface area contributed by atoms with E-state index < -0.39 is 0 Å². The molecule has 0 spiro atoms. The fourth-order valence-electron chi connectivity index (χ4n) is 1.88. The van der Waals surface area contributed by atoms with Crippen LogP contribution >= 0.6 is 0 Å². The Balaban J connectivity index is 2.76. The van der Waals surface area contributed by atoms with Crippen LogP contribution in [0, 0.1) is 0 Å². The number of methoxy groups -OCH3 is 1. The average Bonchev–Trinajstić information content (AvgIpc) is 2.34. The van der Waals surface area contributed by atoms with Crippen LogP contribution < -0.4 is 10.1 Å². The number of hydrogen-bond acceptors (Lipinski definition) is 2. The molecule has 0 aliphatic carbocycles. The van der Waals surface area contributed by atoms with Gasteiger partial charge in [-0.25, -0.2) is 0 Å². The Bertz CT molecular complexity index is 360. The van der Waals surface area contributed by atoms with Crippen molar-refractivity contribution in [2.24, 2.45) is 0 Å². The van der Waals surface area contributed by atoms with Crippen LogP contribution in [0.1, 0.15) is 38.3 Å². The molecule has 1 atom stereocenters. The summed E-state index contributed by atoms with van der Waals surface area (Å²) in [6, 6.07) is 8.65. The summed E-state index contributed by atoms with van der Waals surface area (Å²) in [4.78, 5) is 0. The third-order valence-corrected chi connectivity index (χ3v) is 2.81. The van der Waals surface area contributed by atoms with Crippen molar-refractivity contribution in [3.8, 4) is 5.75 Å². The second kappa shape index (κ2) is 7.13. The molecule has 94 valence electrons.